The summed E-state index contributed by atoms with van der Waals surface area (Å²) in [6.45, 7) is 0.0587. The number of carbonyl (C=O) groups is 3. The highest BCUT2D eigenvalue weighted by atomic mass is 19.1. The SMILES string of the molecule is O=C1NC(=O)[C@](CN2Cc3ccc(F)cc3C2=O)(c2ccc(-c3cc(=O)[nH]c4ccccc34)cc2)N1. The zero-order valence-corrected chi connectivity index (χ0v) is 18.8. The molecule has 0 aliphatic carbocycles. The summed E-state index contributed by atoms with van der Waals surface area (Å²) in [5.41, 5.74) is 1.77. The summed E-state index contributed by atoms with van der Waals surface area (Å²) < 4.78 is 13.7. The summed E-state index contributed by atoms with van der Waals surface area (Å²) >= 11 is 0. The number of hydrogen-bond donors (Lipinski definition) is 3. The Labute approximate surface area is 203 Å². The van der Waals surface area contributed by atoms with Crippen LogP contribution < -0.4 is 16.2 Å². The topological polar surface area (TPSA) is 111 Å². The minimum Gasteiger partial charge on any atom is -0.331 e. The number of imide groups is 1. The van der Waals surface area contributed by atoms with Crippen molar-refractivity contribution < 1.29 is 18.8 Å². The number of nitrogens with zero attached hydrogens (tertiary/aromatic N) is 1. The van der Waals surface area contributed by atoms with Crippen molar-refractivity contribution in [2.45, 2.75) is 12.1 Å². The van der Waals surface area contributed by atoms with Gasteiger partial charge >= 0.3 is 6.03 Å². The first kappa shape index (κ1) is 21.7. The standard InChI is InChI=1S/C27H19FN4O4/c28-18-10-7-16-13-32(24(34)21(16)11-18)14-27(25(35)30-26(36)31-27)17-8-5-15(6-9-17)20-12-23(33)29-22-4-2-1-3-19(20)22/h1-12H,13-14H2,(H,29,33)(H2,30,31,35,36)/t27-/m0/s1. The number of nitrogens with one attached hydrogen (secondary N) is 3. The molecule has 1 fully saturated rings. The zero-order valence-electron chi connectivity index (χ0n) is 18.8. The lowest BCUT2D eigenvalue weighted by molar-refractivity contribution is -0.124. The highest BCUT2D eigenvalue weighted by Gasteiger charge is 2.50. The summed E-state index contributed by atoms with van der Waals surface area (Å²) in [6.07, 6.45) is 0. The van der Waals surface area contributed by atoms with E-state index in [0.717, 1.165) is 16.5 Å². The van der Waals surface area contributed by atoms with Crippen molar-refractivity contribution in [1.29, 1.82) is 0 Å². The normalized spacial score (nSPS) is 18.9. The predicted molar refractivity (Wildman–Crippen MR) is 129 cm³/mol. The summed E-state index contributed by atoms with van der Waals surface area (Å²) in [4.78, 5) is 54.7. The lowest BCUT2D eigenvalue weighted by Gasteiger charge is -2.31. The number of aromatic amines is 1. The van der Waals surface area contributed by atoms with Crippen LogP contribution in [0.1, 0.15) is 21.5 Å². The fraction of sp³-hybridized carbons (Fsp3) is 0.111. The number of aromatic nitrogens is 1. The fourth-order valence-corrected chi connectivity index (χ4v) is 5.02. The van der Waals surface area contributed by atoms with Crippen LogP contribution in [0.3, 0.4) is 0 Å². The van der Waals surface area contributed by atoms with Crippen molar-refractivity contribution >= 4 is 28.7 Å². The number of rotatable bonds is 4. The Balaban J connectivity index is 1.38. The first-order chi connectivity index (χ1) is 17.3. The second-order valence-corrected chi connectivity index (χ2v) is 8.95. The van der Waals surface area contributed by atoms with Gasteiger partial charge in [0.05, 0.1) is 6.54 Å². The minimum atomic E-state index is -1.53. The number of halogens is 1. The molecule has 8 nitrogen and oxygen atoms in total. The Morgan fingerprint density at radius 2 is 1.67 bits per heavy atom. The molecule has 0 bridgehead atoms. The molecule has 2 aliphatic rings. The number of urea groups is 1. The lowest BCUT2D eigenvalue weighted by atomic mass is 9.87. The second kappa shape index (κ2) is 7.88. The maximum atomic E-state index is 13.7. The number of fused-ring (bicyclic) bond motifs is 2. The van der Waals surface area contributed by atoms with Gasteiger partial charge in [0, 0.05) is 29.1 Å². The average Bonchev–Trinajstić information content (AvgIpc) is 3.33. The van der Waals surface area contributed by atoms with Crippen molar-refractivity contribution in [2.75, 3.05) is 6.54 Å². The molecule has 0 spiro atoms. The molecule has 178 valence electrons. The molecule has 36 heavy (non-hydrogen) atoms. The van der Waals surface area contributed by atoms with Gasteiger partial charge in [-0.05, 0) is 40.5 Å². The van der Waals surface area contributed by atoms with Crippen LogP contribution >= 0.6 is 0 Å². The van der Waals surface area contributed by atoms with Gasteiger partial charge in [0.15, 0.2) is 5.54 Å². The van der Waals surface area contributed by atoms with Gasteiger partial charge in [0.2, 0.25) is 5.56 Å². The maximum absolute atomic E-state index is 13.7. The molecular weight excluding hydrogens is 463 g/mol. The third kappa shape index (κ3) is 3.36. The quantitative estimate of drug-likeness (QED) is 0.388. The van der Waals surface area contributed by atoms with Crippen LogP contribution in [0.2, 0.25) is 0 Å². The van der Waals surface area contributed by atoms with Gasteiger partial charge in [-0.25, -0.2) is 9.18 Å². The molecule has 0 unspecified atom stereocenters. The lowest BCUT2D eigenvalue weighted by Crippen LogP contribution is -2.52. The van der Waals surface area contributed by atoms with E-state index >= 15 is 0 Å². The van der Waals surface area contributed by atoms with Crippen LogP contribution in [-0.2, 0) is 16.9 Å². The molecule has 1 saturated heterocycles. The van der Waals surface area contributed by atoms with E-state index in [1.54, 1.807) is 30.3 Å². The Morgan fingerprint density at radius 3 is 2.42 bits per heavy atom. The molecule has 3 heterocycles. The molecule has 9 heteroatoms. The molecule has 3 aromatic carbocycles. The van der Waals surface area contributed by atoms with Gasteiger partial charge < -0.3 is 15.2 Å². The predicted octanol–water partition coefficient (Wildman–Crippen LogP) is 3.02. The molecule has 1 aromatic heterocycles. The van der Waals surface area contributed by atoms with Crippen LogP contribution in [0.15, 0.2) is 77.6 Å². The summed E-state index contributed by atoms with van der Waals surface area (Å²) in [7, 11) is 0. The van der Waals surface area contributed by atoms with Gasteiger partial charge in [-0.2, -0.15) is 0 Å². The van der Waals surface area contributed by atoms with Crippen molar-refractivity contribution in [3.63, 3.8) is 0 Å². The number of amides is 4. The largest absolute Gasteiger partial charge is 0.331 e. The average molecular weight is 482 g/mol. The zero-order chi connectivity index (χ0) is 25.0. The van der Waals surface area contributed by atoms with Gasteiger partial charge in [-0.15, -0.1) is 0 Å². The Bertz CT molecular complexity index is 1650. The van der Waals surface area contributed by atoms with Gasteiger partial charge in [-0.1, -0.05) is 48.5 Å². The number of pyridine rings is 1. The first-order valence-corrected chi connectivity index (χ1v) is 11.3. The third-order valence-electron chi connectivity index (χ3n) is 6.76. The number of carbonyl (C=O) groups excluding carboxylic acids is 3. The van der Waals surface area contributed by atoms with E-state index in [2.05, 4.69) is 15.6 Å². The summed E-state index contributed by atoms with van der Waals surface area (Å²) in [5, 5.41) is 5.83. The molecule has 0 radical (unpaired) electrons. The van der Waals surface area contributed by atoms with E-state index in [0.29, 0.717) is 16.6 Å². The summed E-state index contributed by atoms with van der Waals surface area (Å²) in [6, 6.07) is 19.2. The van der Waals surface area contributed by atoms with Crippen molar-refractivity contribution in [3.8, 4) is 11.1 Å². The van der Waals surface area contributed by atoms with E-state index in [9.17, 15) is 23.6 Å². The van der Waals surface area contributed by atoms with Crippen LogP contribution in [0.25, 0.3) is 22.0 Å². The van der Waals surface area contributed by atoms with E-state index in [1.165, 1.54) is 23.1 Å². The number of hydrogen-bond acceptors (Lipinski definition) is 4. The Hall–Kier alpha value is -4.79. The van der Waals surface area contributed by atoms with Gasteiger partial charge in [0.1, 0.15) is 5.82 Å². The molecule has 6 rings (SSSR count). The first-order valence-electron chi connectivity index (χ1n) is 11.3. The molecule has 4 amide bonds. The van der Waals surface area contributed by atoms with E-state index < -0.39 is 29.2 Å². The molecular formula is C27H19FN4O4. The van der Waals surface area contributed by atoms with Crippen LogP contribution in [0.4, 0.5) is 9.18 Å². The van der Waals surface area contributed by atoms with Gasteiger partial charge in [0.25, 0.3) is 11.8 Å². The van der Waals surface area contributed by atoms with E-state index in [1.807, 2.05) is 24.3 Å². The van der Waals surface area contributed by atoms with E-state index in [-0.39, 0.29) is 24.2 Å². The summed E-state index contributed by atoms with van der Waals surface area (Å²) in [5.74, 6) is -1.52. The van der Waals surface area contributed by atoms with E-state index in [4.69, 9.17) is 0 Å². The fourth-order valence-electron chi connectivity index (χ4n) is 5.02. The van der Waals surface area contributed by atoms with Crippen molar-refractivity contribution in [3.05, 3.63) is 106 Å². The highest BCUT2D eigenvalue weighted by Crippen LogP contribution is 2.33. The number of H-pyrrole nitrogens is 1. The molecule has 3 N–H and O–H groups in total. The molecule has 1 atom stereocenters. The monoisotopic (exact) mass is 482 g/mol. The minimum absolute atomic E-state index is 0.132. The van der Waals surface area contributed by atoms with Crippen LogP contribution in [0.5, 0.6) is 0 Å². The molecule has 0 saturated carbocycles. The van der Waals surface area contributed by atoms with Crippen LogP contribution in [-0.4, -0.2) is 34.3 Å². The second-order valence-electron chi connectivity index (χ2n) is 8.95. The highest BCUT2D eigenvalue weighted by molar-refractivity contribution is 6.08. The van der Waals surface area contributed by atoms with Gasteiger partial charge in [-0.3, -0.25) is 19.7 Å². The molecule has 4 aromatic rings. The number of para-hydroxylation sites is 1. The third-order valence-corrected chi connectivity index (χ3v) is 6.76. The smallest absolute Gasteiger partial charge is 0.322 e. The molecule has 2 aliphatic heterocycles. The Kier molecular flexibility index (Phi) is 4.75. The maximum Gasteiger partial charge on any atom is 0.322 e. The Morgan fingerprint density at radius 1 is 0.889 bits per heavy atom. The van der Waals surface area contributed by atoms with Crippen molar-refractivity contribution in [2.24, 2.45) is 0 Å². The number of benzene rings is 3. The van der Waals surface area contributed by atoms with Crippen molar-refractivity contribution in [1.82, 2.24) is 20.5 Å². The van der Waals surface area contributed by atoms with Crippen LogP contribution in [0, 0.1) is 5.82 Å².